The van der Waals surface area contributed by atoms with Gasteiger partial charge in [-0.25, -0.2) is 4.79 Å². The van der Waals surface area contributed by atoms with E-state index in [0.29, 0.717) is 0 Å². The number of nitrogens with one attached hydrogen (secondary N) is 2. The number of aliphatic carboxylic acids is 2. The average molecular weight is 435 g/mol. The van der Waals surface area contributed by atoms with Crippen LogP contribution in [0, 0.1) is 5.92 Å². The van der Waals surface area contributed by atoms with E-state index >= 15 is 0 Å². The molecule has 0 aliphatic carbocycles. The zero-order valence-corrected chi connectivity index (χ0v) is 16.4. The normalized spacial score (nSPS) is 13.4. The molecule has 0 saturated carbocycles. The first kappa shape index (κ1) is 24.3. The summed E-state index contributed by atoms with van der Waals surface area (Å²) in [5, 5.41) is 22.0. The molecule has 1 rings (SSSR count). The number of halogens is 3. The molecule has 160 valence electrons. The van der Waals surface area contributed by atoms with Crippen molar-refractivity contribution in [3.63, 3.8) is 0 Å². The maximum Gasteiger partial charge on any atom is 0.349 e. The van der Waals surface area contributed by atoms with Gasteiger partial charge in [0.2, 0.25) is 5.91 Å². The number of carboxylic acids is 2. The summed E-state index contributed by atoms with van der Waals surface area (Å²) in [5.41, 5.74) is -0.632. The van der Waals surface area contributed by atoms with E-state index < -0.39 is 66.1 Å². The fourth-order valence-electron chi connectivity index (χ4n) is 2.34. The Bertz CT molecular complexity index is 770. The molecule has 0 spiro atoms. The summed E-state index contributed by atoms with van der Waals surface area (Å²) >= 11 is 5.64. The first-order valence-electron chi connectivity index (χ1n) is 8.56. The number of amides is 2. The maximum absolute atomic E-state index is 14.4. The Morgan fingerprint density at radius 3 is 2.07 bits per heavy atom. The van der Waals surface area contributed by atoms with Crippen LogP contribution in [0.15, 0.2) is 24.3 Å². The number of hydrogen-bond acceptors (Lipinski definition) is 4. The topological polar surface area (TPSA) is 133 Å². The second kappa shape index (κ2) is 10.1. The lowest BCUT2D eigenvalue weighted by molar-refractivity contribution is -0.150. The molecule has 4 N–H and O–H groups in total. The fraction of sp³-hybridized carbons (Fsp3) is 0.444. The van der Waals surface area contributed by atoms with E-state index in [2.05, 4.69) is 5.32 Å². The van der Waals surface area contributed by atoms with E-state index in [9.17, 15) is 28.0 Å². The summed E-state index contributed by atoms with van der Waals surface area (Å²) in [7, 11) is 0. The molecule has 1 aromatic rings. The first-order valence-corrected chi connectivity index (χ1v) is 8.93. The highest BCUT2D eigenvalue weighted by Crippen LogP contribution is 2.29. The number of benzene rings is 1. The molecule has 1 aromatic carbocycles. The summed E-state index contributed by atoms with van der Waals surface area (Å²) < 4.78 is 28.8. The zero-order valence-electron chi connectivity index (χ0n) is 15.6. The van der Waals surface area contributed by atoms with Gasteiger partial charge in [-0.15, -0.1) is 0 Å². The van der Waals surface area contributed by atoms with Gasteiger partial charge in [-0.2, -0.15) is 8.78 Å². The van der Waals surface area contributed by atoms with Crippen molar-refractivity contribution in [3.05, 3.63) is 34.9 Å². The quantitative estimate of drug-likeness (QED) is 0.445. The molecule has 0 radical (unpaired) electrons. The van der Waals surface area contributed by atoms with Gasteiger partial charge in [0, 0.05) is 17.0 Å². The Labute approximate surface area is 170 Å². The predicted molar refractivity (Wildman–Crippen MR) is 98.6 cm³/mol. The van der Waals surface area contributed by atoms with Gasteiger partial charge in [-0.3, -0.25) is 14.4 Å². The van der Waals surface area contributed by atoms with E-state index in [-0.39, 0.29) is 5.02 Å². The van der Waals surface area contributed by atoms with Crippen molar-refractivity contribution in [1.29, 1.82) is 0 Å². The highest BCUT2D eigenvalue weighted by atomic mass is 35.5. The van der Waals surface area contributed by atoms with E-state index in [1.807, 2.05) is 5.32 Å². The minimum atomic E-state index is -3.96. The zero-order chi connectivity index (χ0) is 22.4. The van der Waals surface area contributed by atoms with Gasteiger partial charge in [-0.1, -0.05) is 37.6 Å². The van der Waals surface area contributed by atoms with Crippen molar-refractivity contribution in [1.82, 2.24) is 10.6 Å². The van der Waals surface area contributed by atoms with Gasteiger partial charge >= 0.3 is 17.9 Å². The largest absolute Gasteiger partial charge is 0.481 e. The third kappa shape index (κ3) is 6.97. The average Bonchev–Trinajstić information content (AvgIpc) is 2.62. The van der Waals surface area contributed by atoms with Crippen LogP contribution in [-0.2, 0) is 25.1 Å². The number of carbonyl (C=O) groups is 4. The number of alkyl halides is 2. The smallest absolute Gasteiger partial charge is 0.349 e. The minimum absolute atomic E-state index is 0.200. The summed E-state index contributed by atoms with van der Waals surface area (Å²) in [5.74, 6) is -10.1. The van der Waals surface area contributed by atoms with Crippen molar-refractivity contribution < 1.29 is 38.2 Å². The monoisotopic (exact) mass is 434 g/mol. The summed E-state index contributed by atoms with van der Waals surface area (Å²) in [4.78, 5) is 46.3. The van der Waals surface area contributed by atoms with Gasteiger partial charge in [0.05, 0.1) is 0 Å². The van der Waals surface area contributed by atoms with Crippen LogP contribution in [0.25, 0.3) is 0 Å². The van der Waals surface area contributed by atoms with Crippen molar-refractivity contribution in [3.8, 4) is 0 Å². The lowest BCUT2D eigenvalue weighted by Crippen LogP contribution is -2.56. The molecule has 0 aromatic heterocycles. The van der Waals surface area contributed by atoms with Crippen LogP contribution in [-0.4, -0.2) is 46.0 Å². The third-order valence-corrected chi connectivity index (χ3v) is 4.24. The molecule has 0 unspecified atom stereocenters. The highest BCUT2D eigenvalue weighted by Gasteiger charge is 2.43. The molecule has 2 amide bonds. The Kier molecular flexibility index (Phi) is 8.50. The van der Waals surface area contributed by atoms with Crippen molar-refractivity contribution in [2.45, 2.75) is 44.7 Å². The van der Waals surface area contributed by atoms with Gasteiger partial charge in [0.1, 0.15) is 12.1 Å². The van der Waals surface area contributed by atoms with Crippen molar-refractivity contribution >= 4 is 35.4 Å². The minimum Gasteiger partial charge on any atom is -0.481 e. The third-order valence-electron chi connectivity index (χ3n) is 3.99. The summed E-state index contributed by atoms with van der Waals surface area (Å²) in [6.45, 7) is 2.94. The molecular weight excluding hydrogens is 414 g/mol. The van der Waals surface area contributed by atoms with Gasteiger partial charge in [0.25, 0.3) is 5.91 Å². The molecule has 2 atom stereocenters. The summed E-state index contributed by atoms with van der Waals surface area (Å²) in [6.07, 6.45) is -0.930. The van der Waals surface area contributed by atoms with E-state index in [4.69, 9.17) is 21.8 Å². The van der Waals surface area contributed by atoms with E-state index in [0.717, 1.165) is 12.1 Å². The molecule has 0 saturated heterocycles. The van der Waals surface area contributed by atoms with Crippen LogP contribution in [0.5, 0.6) is 0 Å². The van der Waals surface area contributed by atoms with Crippen LogP contribution in [0.2, 0.25) is 5.02 Å². The Hall–Kier alpha value is -2.75. The Balaban J connectivity index is 2.94. The Morgan fingerprint density at radius 2 is 1.62 bits per heavy atom. The van der Waals surface area contributed by atoms with Crippen LogP contribution in [0.3, 0.4) is 0 Å². The lowest BCUT2D eigenvalue weighted by atomic mass is 10.0. The molecule has 0 heterocycles. The van der Waals surface area contributed by atoms with Crippen LogP contribution in [0.1, 0.15) is 32.3 Å². The summed E-state index contributed by atoms with van der Waals surface area (Å²) in [6, 6.07) is 1.30. The second-order valence-corrected chi connectivity index (χ2v) is 7.04. The van der Waals surface area contributed by atoms with Crippen molar-refractivity contribution in [2.24, 2.45) is 5.92 Å². The van der Waals surface area contributed by atoms with Crippen LogP contribution in [0.4, 0.5) is 8.78 Å². The molecule has 0 fully saturated rings. The lowest BCUT2D eigenvalue weighted by Gasteiger charge is -2.26. The first-order chi connectivity index (χ1) is 13.4. The number of carbonyl (C=O) groups excluding carboxylic acids is 2. The van der Waals surface area contributed by atoms with E-state index in [1.165, 1.54) is 26.0 Å². The number of rotatable bonds is 10. The molecule has 29 heavy (non-hydrogen) atoms. The van der Waals surface area contributed by atoms with Gasteiger partial charge in [0.15, 0.2) is 0 Å². The molecule has 0 aliphatic heterocycles. The maximum atomic E-state index is 14.4. The molecule has 11 heteroatoms. The standard InChI is InChI=1S/C18H21ClF2N2O6/c1-9(2)14(15(26)22-12(16(27)28)7-8-13(24)25)23-17(29)18(20,21)10-3-5-11(19)6-4-10/h3-6,9,12,14H,7-8H2,1-2H3,(H,22,26)(H,23,29)(H,24,25)(H,27,28)/t12-,14+/m1/s1. The van der Waals surface area contributed by atoms with Gasteiger partial charge < -0.3 is 20.8 Å². The number of hydrogen-bond donors (Lipinski definition) is 4. The van der Waals surface area contributed by atoms with E-state index in [1.54, 1.807) is 0 Å². The van der Waals surface area contributed by atoms with Crippen LogP contribution >= 0.6 is 11.6 Å². The molecule has 0 bridgehead atoms. The second-order valence-electron chi connectivity index (χ2n) is 6.61. The van der Waals surface area contributed by atoms with Crippen LogP contribution < -0.4 is 10.6 Å². The highest BCUT2D eigenvalue weighted by molar-refractivity contribution is 6.30. The fourth-order valence-corrected chi connectivity index (χ4v) is 2.47. The number of carboxylic acid groups (broad SMARTS) is 2. The predicted octanol–water partition coefficient (Wildman–Crippen LogP) is 2.01. The molecular formula is C18H21ClF2N2O6. The van der Waals surface area contributed by atoms with Crippen molar-refractivity contribution in [2.75, 3.05) is 0 Å². The molecule has 0 aliphatic rings. The SMILES string of the molecule is CC(C)[C@H](NC(=O)C(F)(F)c1ccc(Cl)cc1)C(=O)N[C@H](CCC(=O)O)C(=O)O. The Morgan fingerprint density at radius 1 is 1.07 bits per heavy atom. The molecule has 8 nitrogen and oxygen atoms in total. The van der Waals surface area contributed by atoms with Gasteiger partial charge in [-0.05, 0) is 24.5 Å².